The minimum absolute atomic E-state index is 0.0703. The summed E-state index contributed by atoms with van der Waals surface area (Å²) >= 11 is 3.18. The second kappa shape index (κ2) is 5.24. The van der Waals surface area contributed by atoms with E-state index in [4.69, 9.17) is 0 Å². The standard InChI is InChI=1S/C13H11BrN4O4S/c1-13(6-10(14)5-11(7-13)18(19)20)23(21,22)17-12-9(8-16-17)3-2-4-15-12/h2-5,7-8H,6H2,1H3. The van der Waals surface area contributed by atoms with E-state index in [-0.39, 0.29) is 17.8 Å². The first-order valence-electron chi connectivity index (χ1n) is 6.52. The number of rotatable bonds is 3. The van der Waals surface area contributed by atoms with E-state index < -0.39 is 19.7 Å². The fourth-order valence-corrected chi connectivity index (χ4v) is 4.99. The molecule has 0 aliphatic heterocycles. The predicted octanol–water partition coefficient (Wildman–Crippen LogP) is 2.21. The highest BCUT2D eigenvalue weighted by molar-refractivity contribution is 9.11. The lowest BCUT2D eigenvalue weighted by atomic mass is 10.0. The Kier molecular flexibility index (Phi) is 3.60. The Morgan fingerprint density at radius 3 is 2.91 bits per heavy atom. The normalized spacial score (nSPS) is 21.8. The third-order valence-corrected chi connectivity index (χ3v) is 6.28. The van der Waals surface area contributed by atoms with Crippen LogP contribution in [0.2, 0.25) is 0 Å². The zero-order valence-corrected chi connectivity index (χ0v) is 14.3. The van der Waals surface area contributed by atoms with Gasteiger partial charge < -0.3 is 0 Å². The third-order valence-electron chi connectivity index (χ3n) is 3.61. The molecule has 2 heterocycles. The minimum Gasteiger partial charge on any atom is -0.258 e. The zero-order valence-electron chi connectivity index (χ0n) is 11.9. The molecule has 2 aromatic rings. The van der Waals surface area contributed by atoms with Gasteiger partial charge in [-0.1, -0.05) is 15.9 Å². The number of aromatic nitrogens is 3. The van der Waals surface area contributed by atoms with Crippen molar-refractivity contribution in [2.75, 3.05) is 0 Å². The van der Waals surface area contributed by atoms with Crippen molar-refractivity contribution in [1.82, 2.24) is 14.2 Å². The lowest BCUT2D eigenvalue weighted by Crippen LogP contribution is -2.40. The zero-order chi connectivity index (χ0) is 16.8. The summed E-state index contributed by atoms with van der Waals surface area (Å²) in [6, 6.07) is 3.37. The SMILES string of the molecule is CC1(S(=O)(=O)n2ncc3cccnc32)C=C([N+](=O)[O-])C=C(Br)C1. The molecule has 120 valence electrons. The van der Waals surface area contributed by atoms with Gasteiger partial charge in [0.2, 0.25) is 0 Å². The fourth-order valence-electron chi connectivity index (χ4n) is 2.44. The van der Waals surface area contributed by atoms with Crippen molar-refractivity contribution in [1.29, 1.82) is 0 Å². The average Bonchev–Trinajstić information content (AvgIpc) is 2.90. The summed E-state index contributed by atoms with van der Waals surface area (Å²) in [6.07, 6.45) is 5.38. The van der Waals surface area contributed by atoms with Crippen LogP contribution >= 0.6 is 15.9 Å². The van der Waals surface area contributed by atoms with Crippen molar-refractivity contribution < 1.29 is 13.3 Å². The smallest absolute Gasteiger partial charge is 0.258 e. The van der Waals surface area contributed by atoms with Gasteiger partial charge in [-0.3, -0.25) is 10.1 Å². The van der Waals surface area contributed by atoms with Crippen LogP contribution in [-0.4, -0.2) is 32.3 Å². The first-order valence-corrected chi connectivity index (χ1v) is 8.75. The molecule has 10 heteroatoms. The number of allylic oxidation sites excluding steroid dienone is 2. The molecule has 1 unspecified atom stereocenters. The molecule has 23 heavy (non-hydrogen) atoms. The number of nitro groups is 1. The van der Waals surface area contributed by atoms with Gasteiger partial charge in [0.1, 0.15) is 4.75 Å². The number of nitrogens with zero attached hydrogens (tertiary/aromatic N) is 4. The van der Waals surface area contributed by atoms with Gasteiger partial charge in [-0.05, 0) is 19.1 Å². The Bertz CT molecular complexity index is 979. The largest absolute Gasteiger partial charge is 0.267 e. The predicted molar refractivity (Wildman–Crippen MR) is 87.0 cm³/mol. The molecule has 8 nitrogen and oxygen atoms in total. The highest BCUT2D eigenvalue weighted by Crippen LogP contribution is 2.37. The van der Waals surface area contributed by atoms with E-state index in [0.717, 1.165) is 10.2 Å². The second-order valence-corrected chi connectivity index (χ2v) is 8.56. The summed E-state index contributed by atoms with van der Waals surface area (Å²) in [5.41, 5.74) is -0.0888. The molecule has 0 saturated heterocycles. The molecular formula is C13H11BrN4O4S. The quantitative estimate of drug-likeness (QED) is 0.579. The van der Waals surface area contributed by atoms with E-state index >= 15 is 0 Å². The van der Waals surface area contributed by atoms with Crippen LogP contribution in [0.4, 0.5) is 0 Å². The summed E-state index contributed by atoms with van der Waals surface area (Å²) in [6.45, 7) is 1.43. The summed E-state index contributed by atoms with van der Waals surface area (Å²) in [5.74, 6) is 0. The van der Waals surface area contributed by atoms with Gasteiger partial charge in [-0.25, -0.2) is 13.4 Å². The van der Waals surface area contributed by atoms with Crippen LogP contribution in [0.3, 0.4) is 0 Å². The Hall–Kier alpha value is -2.07. The van der Waals surface area contributed by atoms with E-state index in [9.17, 15) is 18.5 Å². The molecule has 1 aliphatic rings. The molecule has 0 spiro atoms. The van der Waals surface area contributed by atoms with Crippen LogP contribution in [0.5, 0.6) is 0 Å². The average molecular weight is 399 g/mol. The molecule has 0 saturated carbocycles. The van der Waals surface area contributed by atoms with Crippen molar-refractivity contribution in [2.24, 2.45) is 0 Å². The maximum absolute atomic E-state index is 13.0. The molecule has 2 aromatic heterocycles. The highest BCUT2D eigenvalue weighted by Gasteiger charge is 2.44. The Labute approximate surface area is 139 Å². The van der Waals surface area contributed by atoms with Gasteiger partial charge in [-0.15, -0.1) is 4.09 Å². The Morgan fingerprint density at radius 2 is 2.22 bits per heavy atom. The number of pyridine rings is 1. The topological polar surface area (TPSA) is 108 Å². The molecule has 0 fully saturated rings. The maximum atomic E-state index is 13.0. The maximum Gasteiger partial charge on any atom is 0.267 e. The molecule has 1 aliphatic carbocycles. The first kappa shape index (κ1) is 15.8. The summed E-state index contributed by atoms with van der Waals surface area (Å²) in [7, 11) is -4.05. The summed E-state index contributed by atoms with van der Waals surface area (Å²) in [4.78, 5) is 14.5. The molecule has 0 amide bonds. The molecule has 0 aromatic carbocycles. The first-order chi connectivity index (χ1) is 10.7. The third kappa shape index (κ3) is 2.47. The van der Waals surface area contributed by atoms with E-state index in [0.29, 0.717) is 9.87 Å². The molecule has 1 atom stereocenters. The van der Waals surface area contributed by atoms with Gasteiger partial charge in [-0.2, -0.15) is 5.10 Å². The minimum atomic E-state index is -4.05. The van der Waals surface area contributed by atoms with Gasteiger partial charge >= 0.3 is 0 Å². The van der Waals surface area contributed by atoms with Crippen molar-refractivity contribution in [3.8, 4) is 0 Å². The van der Waals surface area contributed by atoms with Crippen LogP contribution in [0.1, 0.15) is 13.3 Å². The highest BCUT2D eigenvalue weighted by atomic mass is 79.9. The van der Waals surface area contributed by atoms with Crippen LogP contribution in [0.25, 0.3) is 11.0 Å². The summed E-state index contributed by atoms with van der Waals surface area (Å²) in [5, 5.41) is 15.5. The van der Waals surface area contributed by atoms with E-state index in [1.54, 1.807) is 12.1 Å². The number of hydrogen-bond donors (Lipinski definition) is 0. The molecule has 0 radical (unpaired) electrons. The van der Waals surface area contributed by atoms with Gasteiger partial charge in [0.15, 0.2) is 5.65 Å². The van der Waals surface area contributed by atoms with Crippen molar-refractivity contribution in [3.05, 3.63) is 57.0 Å². The molecular weight excluding hydrogens is 388 g/mol. The van der Waals surface area contributed by atoms with E-state index in [2.05, 4.69) is 26.0 Å². The monoisotopic (exact) mass is 398 g/mol. The van der Waals surface area contributed by atoms with Crippen LogP contribution in [0.15, 0.2) is 46.9 Å². The second-order valence-electron chi connectivity index (χ2n) is 5.32. The Morgan fingerprint density at radius 1 is 1.48 bits per heavy atom. The number of fused-ring (bicyclic) bond motifs is 1. The number of halogens is 1. The molecule has 0 N–H and O–H groups in total. The summed E-state index contributed by atoms with van der Waals surface area (Å²) < 4.78 is 25.8. The number of hydrogen-bond acceptors (Lipinski definition) is 6. The van der Waals surface area contributed by atoms with Gasteiger partial charge in [0.05, 0.1) is 11.1 Å². The van der Waals surface area contributed by atoms with Crippen molar-refractivity contribution in [2.45, 2.75) is 18.1 Å². The van der Waals surface area contributed by atoms with Crippen molar-refractivity contribution in [3.63, 3.8) is 0 Å². The molecule has 3 rings (SSSR count). The van der Waals surface area contributed by atoms with E-state index in [1.807, 2.05) is 0 Å². The van der Waals surface area contributed by atoms with Crippen molar-refractivity contribution >= 4 is 37.0 Å². The lowest BCUT2D eigenvalue weighted by Gasteiger charge is -2.27. The van der Waals surface area contributed by atoms with Crippen LogP contribution in [0, 0.1) is 10.1 Å². The van der Waals surface area contributed by atoms with Gasteiger partial charge in [0, 0.05) is 34.6 Å². The molecule has 0 bridgehead atoms. The van der Waals surface area contributed by atoms with Crippen LogP contribution < -0.4 is 0 Å². The Balaban J connectivity index is 2.20. The lowest BCUT2D eigenvalue weighted by molar-refractivity contribution is -0.419. The van der Waals surface area contributed by atoms with Gasteiger partial charge in [0.25, 0.3) is 15.7 Å². The van der Waals surface area contributed by atoms with Crippen LogP contribution in [-0.2, 0) is 10.0 Å². The fraction of sp³-hybridized carbons (Fsp3) is 0.231. The van der Waals surface area contributed by atoms with E-state index in [1.165, 1.54) is 25.4 Å².